The number of ether oxygens (including phenoxy) is 4. The Bertz CT molecular complexity index is 1550. The average Bonchev–Trinajstić information content (AvgIpc) is 3.69. The fourth-order valence-corrected chi connectivity index (χ4v) is 4.55. The van der Waals surface area contributed by atoms with E-state index in [1.165, 1.54) is 53.1 Å². The predicted molar refractivity (Wildman–Crippen MR) is 139 cm³/mol. The molecule has 1 fully saturated rings. The molecule has 1 aliphatic heterocycles. The van der Waals surface area contributed by atoms with Crippen LogP contribution in [0.3, 0.4) is 0 Å². The number of benzene rings is 2. The molecule has 242 valence electrons. The molecule has 0 spiro atoms. The van der Waals surface area contributed by atoms with Gasteiger partial charge in [-0.1, -0.05) is 10.4 Å². The first-order valence-corrected chi connectivity index (χ1v) is 13.3. The van der Waals surface area contributed by atoms with Gasteiger partial charge in [0.25, 0.3) is 0 Å². The number of hydrogen-bond acceptors (Lipinski definition) is 10. The van der Waals surface area contributed by atoms with Crippen LogP contribution < -0.4 is 0 Å². The maximum absolute atomic E-state index is 12.9. The van der Waals surface area contributed by atoms with Gasteiger partial charge in [0, 0.05) is 7.11 Å². The Morgan fingerprint density at radius 2 is 1.20 bits per heavy atom. The third kappa shape index (κ3) is 7.48. The summed E-state index contributed by atoms with van der Waals surface area (Å²) >= 11 is 0. The van der Waals surface area contributed by atoms with Gasteiger partial charge in [0.15, 0.2) is 6.29 Å². The van der Waals surface area contributed by atoms with Crippen LogP contribution in [-0.2, 0) is 44.5 Å². The van der Waals surface area contributed by atoms with E-state index in [9.17, 15) is 36.6 Å². The van der Waals surface area contributed by atoms with Crippen molar-refractivity contribution in [1.82, 2.24) is 30.0 Å². The highest BCUT2D eigenvalue weighted by Crippen LogP contribution is 2.31. The van der Waals surface area contributed by atoms with Gasteiger partial charge in [0.1, 0.15) is 35.8 Å². The molecule has 0 saturated carbocycles. The van der Waals surface area contributed by atoms with Crippen molar-refractivity contribution >= 4 is 0 Å². The predicted octanol–water partition coefficient (Wildman–Crippen LogP) is 3.08. The number of alkyl halides is 6. The number of aliphatic hydroxyl groups excluding tert-OH is 2. The lowest BCUT2D eigenvalue weighted by atomic mass is 9.98. The Labute approximate surface area is 250 Å². The molecule has 1 saturated heterocycles. The van der Waals surface area contributed by atoms with Gasteiger partial charge in [-0.25, -0.2) is 9.36 Å². The number of methoxy groups -OCH3 is 1. The van der Waals surface area contributed by atoms with Gasteiger partial charge < -0.3 is 29.2 Å². The minimum Gasteiger partial charge on any atom is -0.394 e. The van der Waals surface area contributed by atoms with E-state index in [1.807, 2.05) is 0 Å². The maximum Gasteiger partial charge on any atom is 0.416 e. The van der Waals surface area contributed by atoms with Crippen LogP contribution in [0.5, 0.6) is 0 Å². The highest BCUT2D eigenvalue weighted by Gasteiger charge is 2.47. The largest absolute Gasteiger partial charge is 0.416 e. The summed E-state index contributed by atoms with van der Waals surface area (Å²) in [7, 11) is 1.32. The van der Waals surface area contributed by atoms with Gasteiger partial charge in [0.05, 0.1) is 54.7 Å². The van der Waals surface area contributed by atoms with Gasteiger partial charge in [-0.05, 0) is 48.5 Å². The summed E-state index contributed by atoms with van der Waals surface area (Å²) in [6, 6.07) is 8.60. The second-order valence-electron chi connectivity index (χ2n) is 9.90. The smallest absolute Gasteiger partial charge is 0.394 e. The van der Waals surface area contributed by atoms with E-state index in [1.54, 1.807) is 0 Å². The first-order chi connectivity index (χ1) is 21.4. The lowest BCUT2D eigenvalue weighted by molar-refractivity contribution is -0.314. The van der Waals surface area contributed by atoms with Gasteiger partial charge in [-0.3, -0.25) is 0 Å². The van der Waals surface area contributed by atoms with E-state index >= 15 is 0 Å². The molecule has 0 bridgehead atoms. The maximum atomic E-state index is 12.9. The van der Waals surface area contributed by atoms with Gasteiger partial charge >= 0.3 is 12.4 Å². The van der Waals surface area contributed by atoms with Crippen LogP contribution in [0.4, 0.5) is 26.3 Å². The van der Waals surface area contributed by atoms with Crippen LogP contribution in [0.2, 0.25) is 0 Å². The van der Waals surface area contributed by atoms with Crippen LogP contribution in [-0.4, -0.2) is 84.6 Å². The average molecular weight is 645 g/mol. The molecule has 45 heavy (non-hydrogen) atoms. The van der Waals surface area contributed by atoms with Crippen LogP contribution in [0.25, 0.3) is 11.4 Å². The molecule has 18 heteroatoms. The van der Waals surface area contributed by atoms with Crippen molar-refractivity contribution in [3.05, 3.63) is 83.4 Å². The van der Waals surface area contributed by atoms with E-state index in [0.29, 0.717) is 11.4 Å². The number of rotatable bonds is 10. The van der Waals surface area contributed by atoms with Crippen molar-refractivity contribution in [3.8, 4) is 11.4 Å². The quantitative estimate of drug-likeness (QED) is 0.248. The topological polar surface area (TPSA) is 139 Å². The molecule has 4 aromatic rings. The summed E-state index contributed by atoms with van der Waals surface area (Å²) in [6.45, 7) is -0.991. The van der Waals surface area contributed by atoms with E-state index in [-0.39, 0.29) is 24.6 Å². The van der Waals surface area contributed by atoms with Crippen LogP contribution in [0, 0.1) is 0 Å². The molecular weight excluding hydrogens is 618 g/mol. The molecule has 0 aliphatic carbocycles. The van der Waals surface area contributed by atoms with Crippen LogP contribution in [0.15, 0.2) is 60.9 Å². The highest BCUT2D eigenvalue weighted by molar-refractivity contribution is 5.35. The van der Waals surface area contributed by atoms with Crippen molar-refractivity contribution < 1.29 is 55.5 Å². The summed E-state index contributed by atoms with van der Waals surface area (Å²) in [5.41, 5.74) is -0.445. The Morgan fingerprint density at radius 1 is 0.756 bits per heavy atom. The van der Waals surface area contributed by atoms with Gasteiger partial charge in [-0.15, -0.1) is 10.2 Å². The highest BCUT2D eigenvalue weighted by atomic mass is 19.4. The second-order valence-corrected chi connectivity index (χ2v) is 9.90. The number of aliphatic hydroxyl groups is 2. The molecule has 0 unspecified atom stereocenters. The number of aromatic nitrogens is 6. The molecule has 1 aliphatic rings. The Kier molecular flexibility index (Phi) is 9.52. The summed E-state index contributed by atoms with van der Waals surface area (Å²) in [5.74, 6) is 0. The van der Waals surface area contributed by atoms with Crippen molar-refractivity contribution in [2.75, 3.05) is 13.7 Å². The second kappa shape index (κ2) is 13.2. The zero-order valence-electron chi connectivity index (χ0n) is 23.3. The third-order valence-electron chi connectivity index (χ3n) is 6.88. The Hall–Kier alpha value is -3.94. The van der Waals surface area contributed by atoms with Crippen molar-refractivity contribution in [2.45, 2.75) is 56.3 Å². The molecule has 2 N–H and O–H groups in total. The van der Waals surface area contributed by atoms with E-state index < -0.39 is 60.8 Å². The molecule has 3 heterocycles. The zero-order valence-corrected chi connectivity index (χ0v) is 23.3. The number of halogens is 6. The SMILES string of the molecule is CO[C@H]1O[C@H](CO)[C@@H](O)[C@H](OCc2cn(-c3ccc(C(F)(F)F)cc3)nn2)[C@H]1OCc1cn(-c2ccc(C(F)(F)F)cc2)nn1. The van der Waals surface area contributed by atoms with Crippen molar-refractivity contribution in [3.63, 3.8) is 0 Å². The molecule has 2 aromatic carbocycles. The number of hydrogen-bond donors (Lipinski definition) is 2. The normalized spacial score (nSPS) is 22.6. The van der Waals surface area contributed by atoms with Crippen LogP contribution in [0.1, 0.15) is 22.5 Å². The molecule has 5 atom stereocenters. The lowest BCUT2D eigenvalue weighted by Gasteiger charge is -2.43. The van der Waals surface area contributed by atoms with E-state index in [4.69, 9.17) is 18.9 Å². The van der Waals surface area contributed by atoms with E-state index in [0.717, 1.165) is 24.3 Å². The van der Waals surface area contributed by atoms with Gasteiger partial charge in [0.2, 0.25) is 0 Å². The van der Waals surface area contributed by atoms with Crippen LogP contribution >= 0.6 is 0 Å². The molecule has 2 aromatic heterocycles. The Morgan fingerprint density at radius 3 is 1.60 bits per heavy atom. The summed E-state index contributed by atoms with van der Waals surface area (Å²) in [5, 5.41) is 36.4. The lowest BCUT2D eigenvalue weighted by Crippen LogP contribution is -2.60. The molecule has 5 rings (SSSR count). The standard InChI is InChI=1S/C27H26F6N6O6/c1-42-25-24(44-14-18-11-39(37-35-18)20-8-4-16(5-9-20)27(31,32)33)23(22(41)21(12-40)45-25)43-13-17-10-38(36-34-17)19-6-2-15(3-7-19)26(28,29)30/h2-11,21-25,40-41H,12-14H2,1H3/t21-,22-,23+,24-,25+/m1/s1. The number of nitrogens with zero attached hydrogens (tertiary/aromatic N) is 6. The first-order valence-electron chi connectivity index (χ1n) is 13.3. The third-order valence-corrected chi connectivity index (χ3v) is 6.88. The fraction of sp³-hybridized carbons (Fsp3) is 0.407. The van der Waals surface area contributed by atoms with Crippen molar-refractivity contribution in [1.29, 1.82) is 0 Å². The minimum absolute atomic E-state index is 0.199. The molecule has 0 amide bonds. The van der Waals surface area contributed by atoms with Crippen molar-refractivity contribution in [2.24, 2.45) is 0 Å². The summed E-state index contributed by atoms with van der Waals surface area (Å²) in [4.78, 5) is 0. The minimum atomic E-state index is -4.49. The zero-order chi connectivity index (χ0) is 32.4. The monoisotopic (exact) mass is 644 g/mol. The fourth-order valence-electron chi connectivity index (χ4n) is 4.55. The first kappa shape index (κ1) is 32.5. The van der Waals surface area contributed by atoms with Gasteiger partial charge in [-0.2, -0.15) is 26.3 Å². The molecule has 0 radical (unpaired) electrons. The summed E-state index contributed by atoms with van der Waals surface area (Å²) < 4.78 is 103. The molecular formula is C27H26F6N6O6. The van der Waals surface area contributed by atoms with E-state index in [2.05, 4.69) is 20.6 Å². The Balaban J connectivity index is 1.27. The molecule has 12 nitrogen and oxygen atoms in total. The summed E-state index contributed by atoms with van der Waals surface area (Å²) in [6.07, 6.45) is -11.9.